The predicted octanol–water partition coefficient (Wildman–Crippen LogP) is 1.25. The normalized spacial score (nSPS) is 15.2. The Labute approximate surface area is 207 Å². The predicted molar refractivity (Wildman–Crippen MR) is 131 cm³/mol. The van der Waals surface area contributed by atoms with Crippen molar-refractivity contribution in [1.82, 2.24) is 4.57 Å². The molecule has 0 spiro atoms. The summed E-state index contributed by atoms with van der Waals surface area (Å²) in [5, 5.41) is 12.7. The number of nitrogens with one attached hydrogen (secondary N) is 1. The average Bonchev–Trinajstić information content (AvgIpc) is 3.20. The second kappa shape index (κ2) is 9.89. The first-order valence-corrected chi connectivity index (χ1v) is 11.3. The molecule has 0 saturated carbocycles. The molecule has 1 unspecified atom stereocenters. The van der Waals surface area contributed by atoms with E-state index in [0.29, 0.717) is 11.4 Å². The number of amides is 1. The lowest BCUT2D eigenvalue weighted by Crippen LogP contribution is -2.41. The minimum atomic E-state index is -1.21. The second-order valence-corrected chi connectivity index (χ2v) is 8.57. The number of fused-ring (bicyclic) bond motifs is 1. The van der Waals surface area contributed by atoms with E-state index in [9.17, 15) is 24.0 Å². The van der Waals surface area contributed by atoms with E-state index in [2.05, 4.69) is 10.1 Å². The fraction of sp³-hybridized carbons (Fsp3) is 0.120. The molecule has 1 atom stereocenters. The van der Waals surface area contributed by atoms with Crippen molar-refractivity contribution >= 4 is 46.4 Å². The molecule has 11 heteroatoms. The molecule has 4 rings (SSSR count). The number of anilines is 1. The van der Waals surface area contributed by atoms with Gasteiger partial charge in [-0.05, 0) is 30.3 Å². The number of nitrogens with zero attached hydrogens (tertiary/aromatic N) is 2. The maximum atomic E-state index is 15.0. The number of rotatable bonds is 5. The molecule has 0 aliphatic carbocycles. The van der Waals surface area contributed by atoms with Crippen LogP contribution in [0.1, 0.15) is 11.5 Å². The number of esters is 1. The van der Waals surface area contributed by atoms with Gasteiger partial charge in [0.05, 0.1) is 37.4 Å². The highest BCUT2D eigenvalue weighted by atomic mass is 32.1. The number of hydrogen-bond acceptors (Lipinski definition) is 8. The fourth-order valence-electron chi connectivity index (χ4n) is 3.83. The summed E-state index contributed by atoms with van der Waals surface area (Å²) >= 11 is 0.809. The van der Waals surface area contributed by atoms with Crippen LogP contribution in [0, 0.1) is 17.1 Å². The summed E-state index contributed by atoms with van der Waals surface area (Å²) in [6, 6.07) is 14.1. The van der Waals surface area contributed by atoms with Gasteiger partial charge in [0.1, 0.15) is 26.6 Å². The average molecular weight is 507 g/mol. The van der Waals surface area contributed by atoms with E-state index in [1.807, 2.05) is 6.07 Å². The summed E-state index contributed by atoms with van der Waals surface area (Å²) in [6.07, 6.45) is 0.967. The van der Waals surface area contributed by atoms with E-state index in [4.69, 9.17) is 10.5 Å². The molecule has 1 aromatic heterocycles. The summed E-state index contributed by atoms with van der Waals surface area (Å²) < 4.78 is 25.7. The largest absolute Gasteiger partial charge is 0.497 e. The van der Waals surface area contributed by atoms with Crippen LogP contribution in [-0.2, 0) is 14.3 Å². The monoisotopic (exact) mass is 506 g/mol. The molecule has 0 bridgehead atoms. The first kappa shape index (κ1) is 24.4. The van der Waals surface area contributed by atoms with Crippen molar-refractivity contribution in [3.63, 3.8) is 0 Å². The van der Waals surface area contributed by atoms with Gasteiger partial charge in [0.25, 0.3) is 11.5 Å². The molecule has 1 aliphatic rings. The van der Waals surface area contributed by atoms with E-state index in [-0.39, 0.29) is 31.7 Å². The number of ether oxygens (including phenoxy) is 2. The number of hydrogen-bond donors (Lipinski definition) is 2. The van der Waals surface area contributed by atoms with Gasteiger partial charge in [0.2, 0.25) is 0 Å². The maximum Gasteiger partial charge on any atom is 0.332 e. The third-order valence-corrected chi connectivity index (χ3v) is 6.64. The van der Waals surface area contributed by atoms with Crippen molar-refractivity contribution in [2.24, 2.45) is 5.73 Å². The van der Waals surface area contributed by atoms with Crippen LogP contribution in [0.4, 0.5) is 10.1 Å². The summed E-state index contributed by atoms with van der Waals surface area (Å²) in [7, 11) is 2.66. The molecule has 1 aliphatic heterocycles. The number of aromatic nitrogens is 1. The molecule has 9 nitrogen and oxygen atoms in total. The summed E-state index contributed by atoms with van der Waals surface area (Å²) in [6.45, 7) is 0. The van der Waals surface area contributed by atoms with Gasteiger partial charge >= 0.3 is 5.97 Å². The Morgan fingerprint density at radius 1 is 1.19 bits per heavy atom. The maximum absolute atomic E-state index is 15.0. The van der Waals surface area contributed by atoms with E-state index in [1.165, 1.54) is 25.3 Å². The molecule has 0 radical (unpaired) electrons. The van der Waals surface area contributed by atoms with Crippen molar-refractivity contribution in [3.05, 3.63) is 85.0 Å². The molecular formula is C25H19FN4O5S. The number of nitrogens with two attached hydrogens (primary N) is 1. The lowest BCUT2D eigenvalue weighted by molar-refractivity contribution is -0.133. The van der Waals surface area contributed by atoms with E-state index < -0.39 is 29.2 Å². The number of nitriles is 1. The molecule has 1 amide bonds. The number of methoxy groups -OCH3 is 2. The molecular weight excluding hydrogens is 487 g/mol. The van der Waals surface area contributed by atoms with E-state index in [0.717, 1.165) is 29.1 Å². The number of thiazole rings is 1. The zero-order valence-corrected chi connectivity index (χ0v) is 19.9. The molecule has 36 heavy (non-hydrogen) atoms. The molecule has 2 aromatic carbocycles. The third kappa shape index (κ3) is 4.25. The number of benzene rings is 2. The van der Waals surface area contributed by atoms with Crippen LogP contribution < -0.4 is 30.5 Å². The van der Waals surface area contributed by atoms with Crippen LogP contribution in [0.3, 0.4) is 0 Å². The van der Waals surface area contributed by atoms with Crippen LogP contribution in [0.5, 0.6) is 5.75 Å². The Kier molecular flexibility index (Phi) is 6.71. The van der Waals surface area contributed by atoms with Crippen LogP contribution in [0.15, 0.2) is 58.9 Å². The van der Waals surface area contributed by atoms with Crippen molar-refractivity contribution in [3.8, 4) is 11.8 Å². The van der Waals surface area contributed by atoms with Crippen LogP contribution >= 0.6 is 11.3 Å². The minimum absolute atomic E-state index is 0.0301. The molecule has 3 aromatic rings. The number of allylic oxidation sites excluding steroid dienone is 1. The molecule has 3 N–H and O–H groups in total. The van der Waals surface area contributed by atoms with Gasteiger partial charge in [-0.15, -0.1) is 11.3 Å². The van der Waals surface area contributed by atoms with Crippen molar-refractivity contribution in [1.29, 1.82) is 5.26 Å². The summed E-state index contributed by atoms with van der Waals surface area (Å²) in [4.78, 5) is 38.6. The minimum Gasteiger partial charge on any atom is -0.497 e. The first-order chi connectivity index (χ1) is 17.3. The van der Waals surface area contributed by atoms with E-state index >= 15 is 0 Å². The SMILES string of the molecule is COC(=O)C=c1sc2n(c1=O)C(N)=C(C#N)C(c1ccccc1F)C=2C(=O)Nc1ccc(OC)cc1. The van der Waals surface area contributed by atoms with Gasteiger partial charge in [0, 0.05) is 17.3 Å². The Morgan fingerprint density at radius 2 is 1.89 bits per heavy atom. The van der Waals surface area contributed by atoms with Crippen LogP contribution in [-0.4, -0.2) is 30.7 Å². The second-order valence-electron chi connectivity index (χ2n) is 7.54. The molecule has 2 heterocycles. The Hall–Kier alpha value is -4.69. The Bertz CT molecular complexity index is 1630. The number of carbonyl (C=O) groups is 2. The van der Waals surface area contributed by atoms with Gasteiger partial charge in [-0.25, -0.2) is 9.18 Å². The zero-order valence-electron chi connectivity index (χ0n) is 19.1. The van der Waals surface area contributed by atoms with Crippen molar-refractivity contribution < 1.29 is 23.5 Å². The first-order valence-electron chi connectivity index (χ1n) is 10.5. The van der Waals surface area contributed by atoms with E-state index in [1.54, 1.807) is 30.3 Å². The highest BCUT2D eigenvalue weighted by Crippen LogP contribution is 2.37. The van der Waals surface area contributed by atoms with Crippen molar-refractivity contribution in [2.75, 3.05) is 19.5 Å². The van der Waals surface area contributed by atoms with Gasteiger partial charge in [-0.1, -0.05) is 18.2 Å². The highest BCUT2D eigenvalue weighted by Gasteiger charge is 2.37. The summed E-state index contributed by atoms with van der Waals surface area (Å²) in [5.74, 6) is -3.03. The third-order valence-electron chi connectivity index (χ3n) is 5.53. The summed E-state index contributed by atoms with van der Waals surface area (Å²) in [5.41, 5.74) is 5.67. The molecule has 182 valence electrons. The van der Waals surface area contributed by atoms with Crippen LogP contribution in [0.2, 0.25) is 0 Å². The highest BCUT2D eigenvalue weighted by molar-refractivity contribution is 7.07. The fourth-order valence-corrected chi connectivity index (χ4v) is 4.96. The Balaban J connectivity index is 2.03. The molecule has 0 saturated heterocycles. The van der Waals surface area contributed by atoms with Crippen molar-refractivity contribution in [2.45, 2.75) is 5.92 Å². The number of carbonyl (C=O) groups excluding carboxylic acids is 2. The standard InChI is InChI=1S/C25H19FN4O5S/c1-34-14-9-7-13(8-10-14)29-23(32)21-20(15-5-3-4-6-17(15)26)16(12-27)22(28)30-24(33)18(36-25(21)30)11-19(31)35-2/h3-11,20H,28H2,1-2H3,(H,29,32). The smallest absolute Gasteiger partial charge is 0.332 e. The quantitative estimate of drug-likeness (QED) is 0.497. The lowest BCUT2D eigenvalue weighted by Gasteiger charge is -2.25. The number of halogens is 1. The van der Waals surface area contributed by atoms with Gasteiger partial charge < -0.3 is 20.5 Å². The van der Waals surface area contributed by atoms with Gasteiger partial charge in [-0.3, -0.25) is 14.2 Å². The van der Waals surface area contributed by atoms with Crippen LogP contribution in [0.25, 0.3) is 17.5 Å². The van der Waals surface area contributed by atoms with Gasteiger partial charge in [-0.2, -0.15) is 5.26 Å². The zero-order chi connectivity index (χ0) is 26.0. The Morgan fingerprint density at radius 3 is 2.50 bits per heavy atom. The topological polar surface area (TPSA) is 136 Å². The van der Waals surface area contributed by atoms with Gasteiger partial charge in [0.15, 0.2) is 0 Å². The lowest BCUT2D eigenvalue weighted by atomic mass is 9.83. The molecule has 0 fully saturated rings.